The number of Topliss-reactive ketones (excluding diaryl/α,β-unsaturated/α-hetero) is 1. The number of ketones is 1. The summed E-state index contributed by atoms with van der Waals surface area (Å²) in [7, 11) is 1.55. The van der Waals surface area contributed by atoms with Crippen molar-refractivity contribution >= 4 is 29.2 Å². The number of hydrogen-bond donors (Lipinski definition) is 4. The van der Waals surface area contributed by atoms with Crippen LogP contribution >= 0.6 is 0 Å². The number of carboxylic acids is 1. The van der Waals surface area contributed by atoms with Gasteiger partial charge < -0.3 is 29.7 Å². The molecule has 3 aliphatic heterocycles. The largest absolute Gasteiger partial charge is 0.493 e. The molecular formula is C33H41N5O7. The molecule has 12 heteroatoms. The third-order valence-electron chi connectivity index (χ3n) is 8.19. The maximum absolute atomic E-state index is 13.9. The van der Waals surface area contributed by atoms with Crippen molar-refractivity contribution in [1.29, 1.82) is 5.41 Å². The van der Waals surface area contributed by atoms with Gasteiger partial charge in [0.25, 0.3) is 5.91 Å². The number of benzene rings is 2. The molecule has 1 atom stereocenters. The number of carboxylic acid groups (broad SMARTS) is 1. The molecule has 0 saturated carbocycles. The molecule has 5 rings (SSSR count). The highest BCUT2D eigenvalue weighted by Crippen LogP contribution is 2.42. The summed E-state index contributed by atoms with van der Waals surface area (Å²) in [5, 5.41) is 20.7. The molecule has 3 aliphatic rings. The van der Waals surface area contributed by atoms with E-state index in [1.807, 2.05) is 19.1 Å². The number of carbonyl (C=O) groups excluding carboxylic acids is 2. The minimum absolute atomic E-state index is 0.0135. The normalized spacial score (nSPS) is 17.6. The highest BCUT2D eigenvalue weighted by Gasteiger charge is 2.32. The quantitative estimate of drug-likeness (QED) is 0.274. The maximum atomic E-state index is 13.9. The van der Waals surface area contributed by atoms with E-state index in [2.05, 4.69) is 36.5 Å². The number of fused-ring (bicyclic) bond motifs is 1. The average Bonchev–Trinajstić information content (AvgIpc) is 3.76. The van der Waals surface area contributed by atoms with Crippen molar-refractivity contribution in [2.75, 3.05) is 44.8 Å². The highest BCUT2D eigenvalue weighted by molar-refractivity contribution is 6.08. The monoisotopic (exact) mass is 619 g/mol. The lowest BCUT2D eigenvalue weighted by atomic mass is 9.84. The molecule has 2 aromatic rings. The van der Waals surface area contributed by atoms with Crippen molar-refractivity contribution in [3.05, 3.63) is 63.9 Å². The van der Waals surface area contributed by atoms with Gasteiger partial charge in [0.2, 0.25) is 0 Å². The van der Waals surface area contributed by atoms with Crippen molar-refractivity contribution in [3.8, 4) is 11.5 Å². The lowest BCUT2D eigenvalue weighted by Gasteiger charge is -2.30. The third-order valence-corrected chi connectivity index (χ3v) is 8.19. The van der Waals surface area contributed by atoms with E-state index in [0.29, 0.717) is 41.3 Å². The Morgan fingerprint density at radius 3 is 2.49 bits per heavy atom. The SMILES string of the molecule is CCOc1cc2c(cc1C(=O)NC)C(=N)N(CC(=O)c1cc(N3CCCC3)c(OCC3C=C(C(=O)O)NO3)c(C(C)(C)C)c1)C2. The molecule has 240 valence electrons. The van der Waals surface area contributed by atoms with Crippen molar-refractivity contribution in [2.45, 2.75) is 58.6 Å². The molecule has 1 fully saturated rings. The van der Waals surface area contributed by atoms with Crippen molar-refractivity contribution in [3.63, 3.8) is 0 Å². The number of nitrogens with zero attached hydrogens (tertiary/aromatic N) is 2. The van der Waals surface area contributed by atoms with Gasteiger partial charge >= 0.3 is 5.97 Å². The van der Waals surface area contributed by atoms with Gasteiger partial charge in [0.1, 0.15) is 35.7 Å². The van der Waals surface area contributed by atoms with Crippen LogP contribution in [0.15, 0.2) is 36.0 Å². The number of anilines is 1. The van der Waals surface area contributed by atoms with Crippen LogP contribution in [0, 0.1) is 5.41 Å². The van der Waals surface area contributed by atoms with Crippen LogP contribution in [-0.4, -0.2) is 79.5 Å². The smallest absolute Gasteiger partial charge is 0.354 e. The number of amidine groups is 1. The zero-order valence-corrected chi connectivity index (χ0v) is 26.4. The van der Waals surface area contributed by atoms with E-state index >= 15 is 0 Å². The van der Waals surface area contributed by atoms with Gasteiger partial charge in [0.15, 0.2) is 5.78 Å². The zero-order valence-electron chi connectivity index (χ0n) is 26.4. The Morgan fingerprint density at radius 1 is 1.13 bits per heavy atom. The van der Waals surface area contributed by atoms with Gasteiger partial charge in [0, 0.05) is 43.4 Å². The second kappa shape index (κ2) is 12.8. The number of amides is 1. The summed E-state index contributed by atoms with van der Waals surface area (Å²) in [5.74, 6) is -0.271. The molecule has 12 nitrogen and oxygen atoms in total. The van der Waals surface area contributed by atoms with E-state index in [0.717, 1.165) is 42.7 Å². The molecule has 4 N–H and O–H groups in total. The van der Waals surface area contributed by atoms with Crippen LogP contribution in [0.4, 0.5) is 5.69 Å². The van der Waals surface area contributed by atoms with E-state index in [1.165, 1.54) is 6.08 Å². The first kappa shape index (κ1) is 31.8. The van der Waals surface area contributed by atoms with E-state index in [4.69, 9.17) is 19.7 Å². The summed E-state index contributed by atoms with van der Waals surface area (Å²) in [6.45, 7) is 10.5. The van der Waals surface area contributed by atoms with Crippen LogP contribution in [-0.2, 0) is 21.6 Å². The molecule has 1 unspecified atom stereocenters. The van der Waals surface area contributed by atoms with Crippen molar-refractivity contribution < 1.29 is 33.8 Å². The Kier molecular flexibility index (Phi) is 9.06. The van der Waals surface area contributed by atoms with Gasteiger partial charge in [-0.05, 0) is 61.1 Å². The average molecular weight is 620 g/mol. The fourth-order valence-electron chi connectivity index (χ4n) is 5.85. The standard InChI is InChI=1S/C33H41N5O7/c1-6-43-28-13-20-16-38(30(34)22(20)15-23(28)31(40)35-5)17-27(39)19-11-24(33(2,3)4)29(26(12-19)37-9-7-8-10-37)44-18-21-14-25(32(41)42)36-45-21/h11-15,21,34,36H,6-10,16-18H2,1-5H3,(H,35,40)(H,41,42). The number of hydroxylamine groups is 1. The van der Waals surface area contributed by atoms with Gasteiger partial charge in [-0.2, -0.15) is 0 Å². The van der Waals surface area contributed by atoms with E-state index in [9.17, 15) is 19.5 Å². The lowest BCUT2D eigenvalue weighted by Crippen LogP contribution is -2.31. The molecule has 45 heavy (non-hydrogen) atoms. The summed E-state index contributed by atoms with van der Waals surface area (Å²) in [6, 6.07) is 7.19. The lowest BCUT2D eigenvalue weighted by molar-refractivity contribution is -0.134. The summed E-state index contributed by atoms with van der Waals surface area (Å²) in [5.41, 5.74) is 5.96. The number of aliphatic carboxylic acids is 1. The minimum atomic E-state index is -1.11. The zero-order chi connectivity index (χ0) is 32.5. The third kappa shape index (κ3) is 6.60. The Labute approximate surface area is 262 Å². The van der Waals surface area contributed by atoms with Crippen LogP contribution < -0.4 is 25.2 Å². The van der Waals surface area contributed by atoms with Crippen molar-refractivity contribution in [2.24, 2.45) is 0 Å². The second-order valence-corrected chi connectivity index (χ2v) is 12.4. The van der Waals surface area contributed by atoms with Gasteiger partial charge in [-0.15, -0.1) is 0 Å². The number of ether oxygens (including phenoxy) is 2. The van der Waals surface area contributed by atoms with Crippen LogP contribution in [0.1, 0.15) is 77.9 Å². The van der Waals surface area contributed by atoms with E-state index in [-0.39, 0.29) is 41.8 Å². The molecule has 0 spiro atoms. The van der Waals surface area contributed by atoms with Crippen LogP contribution in [0.3, 0.4) is 0 Å². The van der Waals surface area contributed by atoms with Crippen LogP contribution in [0.2, 0.25) is 0 Å². The number of hydrogen-bond acceptors (Lipinski definition) is 9. The predicted molar refractivity (Wildman–Crippen MR) is 168 cm³/mol. The highest BCUT2D eigenvalue weighted by atomic mass is 16.7. The van der Waals surface area contributed by atoms with E-state index < -0.39 is 12.1 Å². The topological polar surface area (TPSA) is 154 Å². The van der Waals surface area contributed by atoms with Gasteiger partial charge in [-0.1, -0.05) is 20.8 Å². The molecule has 0 aromatic heterocycles. The minimum Gasteiger partial charge on any atom is -0.493 e. The Balaban J connectivity index is 1.44. The first-order valence-electron chi connectivity index (χ1n) is 15.2. The molecule has 2 aromatic carbocycles. The number of carbonyl (C=O) groups is 3. The summed E-state index contributed by atoms with van der Waals surface area (Å²) < 4.78 is 12.1. The van der Waals surface area contributed by atoms with E-state index in [1.54, 1.807) is 24.1 Å². The first-order valence-corrected chi connectivity index (χ1v) is 15.2. The maximum Gasteiger partial charge on any atom is 0.354 e. The Bertz CT molecular complexity index is 1560. The molecular weight excluding hydrogens is 578 g/mol. The molecule has 3 heterocycles. The summed E-state index contributed by atoms with van der Waals surface area (Å²) >= 11 is 0. The number of nitrogens with one attached hydrogen (secondary N) is 3. The summed E-state index contributed by atoms with van der Waals surface area (Å²) in [4.78, 5) is 47.1. The second-order valence-electron chi connectivity index (χ2n) is 12.4. The number of rotatable bonds is 11. The molecule has 1 saturated heterocycles. The molecule has 1 amide bonds. The molecule has 0 radical (unpaired) electrons. The fraction of sp³-hybridized carbons (Fsp3) is 0.455. The molecule has 0 bridgehead atoms. The summed E-state index contributed by atoms with van der Waals surface area (Å²) in [6.07, 6.45) is 2.93. The Hall–Kier alpha value is -4.58. The van der Waals surface area contributed by atoms with Crippen LogP contribution in [0.25, 0.3) is 0 Å². The first-order chi connectivity index (χ1) is 21.4. The van der Waals surface area contributed by atoms with Gasteiger partial charge in [-0.3, -0.25) is 25.3 Å². The van der Waals surface area contributed by atoms with Gasteiger partial charge in [0.05, 0.1) is 24.4 Å². The predicted octanol–water partition coefficient (Wildman–Crippen LogP) is 3.62. The van der Waals surface area contributed by atoms with Gasteiger partial charge in [-0.25, -0.2) is 4.79 Å². The molecule has 0 aliphatic carbocycles. The Morgan fingerprint density at radius 2 is 1.87 bits per heavy atom. The fourth-order valence-corrected chi connectivity index (χ4v) is 5.85. The van der Waals surface area contributed by atoms with Crippen molar-refractivity contribution in [1.82, 2.24) is 15.7 Å². The van der Waals surface area contributed by atoms with Crippen LogP contribution in [0.5, 0.6) is 11.5 Å².